The number of nitrogens with two attached hydrogens (primary N) is 1. The molecule has 1 aliphatic rings. The normalized spacial score (nSPS) is 15.8. The largest absolute Gasteiger partial charge is 0.495 e. The Kier molecular flexibility index (Phi) is 2.19. The monoisotopic (exact) mass is 178 g/mol. The number of hydrogen-bond donors (Lipinski definition) is 1. The molecule has 0 radical (unpaired) electrons. The quantitative estimate of drug-likeness (QED) is 0.761. The van der Waals surface area contributed by atoms with Crippen LogP contribution in [-0.4, -0.2) is 12.1 Å². The number of pyridine rings is 1. The maximum absolute atomic E-state index is 5.53. The third-order valence-electron chi connectivity index (χ3n) is 2.34. The van der Waals surface area contributed by atoms with Crippen molar-refractivity contribution in [1.29, 1.82) is 0 Å². The molecule has 1 aliphatic carbocycles. The van der Waals surface area contributed by atoms with E-state index in [1.54, 1.807) is 7.11 Å². The van der Waals surface area contributed by atoms with Crippen molar-refractivity contribution in [2.24, 2.45) is 5.73 Å². The summed E-state index contributed by atoms with van der Waals surface area (Å²) in [5.74, 6) is 1.51. The number of hydrogen-bond acceptors (Lipinski definition) is 3. The Balaban J connectivity index is 2.35. The first-order valence-corrected chi connectivity index (χ1v) is 4.59. The van der Waals surface area contributed by atoms with Gasteiger partial charge < -0.3 is 10.5 Å². The summed E-state index contributed by atoms with van der Waals surface area (Å²) in [6, 6.07) is 3.88. The van der Waals surface area contributed by atoms with Crippen molar-refractivity contribution in [2.75, 3.05) is 7.11 Å². The van der Waals surface area contributed by atoms with Crippen LogP contribution in [0.25, 0.3) is 0 Å². The van der Waals surface area contributed by atoms with Crippen LogP contribution >= 0.6 is 0 Å². The SMILES string of the molecule is COc1ccc(CN)nc1C1CC1. The van der Waals surface area contributed by atoms with Crippen molar-refractivity contribution in [3.05, 3.63) is 23.5 Å². The molecule has 3 heteroatoms. The van der Waals surface area contributed by atoms with Gasteiger partial charge in [-0.15, -0.1) is 0 Å². The third-order valence-corrected chi connectivity index (χ3v) is 2.34. The van der Waals surface area contributed by atoms with Gasteiger partial charge in [-0.25, -0.2) is 0 Å². The van der Waals surface area contributed by atoms with Gasteiger partial charge in [-0.3, -0.25) is 4.98 Å². The molecule has 0 atom stereocenters. The van der Waals surface area contributed by atoms with Crippen LogP contribution in [-0.2, 0) is 6.54 Å². The van der Waals surface area contributed by atoms with Gasteiger partial charge in [0.05, 0.1) is 18.5 Å². The molecule has 1 heterocycles. The fraction of sp³-hybridized carbons (Fsp3) is 0.500. The number of methoxy groups -OCH3 is 1. The summed E-state index contributed by atoms with van der Waals surface area (Å²) in [6.07, 6.45) is 2.47. The minimum Gasteiger partial charge on any atom is -0.495 e. The zero-order chi connectivity index (χ0) is 9.26. The van der Waals surface area contributed by atoms with Crippen LogP contribution in [0.1, 0.15) is 30.1 Å². The zero-order valence-corrected chi connectivity index (χ0v) is 7.79. The van der Waals surface area contributed by atoms with E-state index in [0.717, 1.165) is 17.1 Å². The van der Waals surface area contributed by atoms with Crippen LogP contribution in [0, 0.1) is 0 Å². The Labute approximate surface area is 77.9 Å². The lowest BCUT2D eigenvalue weighted by atomic mass is 10.2. The average molecular weight is 178 g/mol. The van der Waals surface area contributed by atoms with Crippen molar-refractivity contribution in [2.45, 2.75) is 25.3 Å². The number of ether oxygens (including phenoxy) is 1. The minimum atomic E-state index is 0.504. The molecule has 0 saturated heterocycles. The van der Waals surface area contributed by atoms with Gasteiger partial charge in [0.2, 0.25) is 0 Å². The predicted molar refractivity (Wildman–Crippen MR) is 50.7 cm³/mol. The molecule has 1 aromatic heterocycles. The molecular formula is C10H14N2O. The van der Waals surface area contributed by atoms with Crippen molar-refractivity contribution in [3.63, 3.8) is 0 Å². The lowest BCUT2D eigenvalue weighted by Crippen LogP contribution is -2.03. The Morgan fingerprint density at radius 1 is 1.54 bits per heavy atom. The first-order chi connectivity index (χ1) is 6.35. The molecule has 0 bridgehead atoms. The molecule has 70 valence electrons. The standard InChI is InChI=1S/C10H14N2O/c1-13-9-5-4-8(6-11)12-10(9)7-2-3-7/h4-5,7H,2-3,6,11H2,1H3. The molecule has 0 aromatic carbocycles. The maximum Gasteiger partial charge on any atom is 0.140 e. The first kappa shape index (κ1) is 8.51. The highest BCUT2D eigenvalue weighted by atomic mass is 16.5. The van der Waals surface area contributed by atoms with Gasteiger partial charge >= 0.3 is 0 Å². The van der Waals surface area contributed by atoms with Crippen molar-refractivity contribution in [3.8, 4) is 5.75 Å². The van der Waals surface area contributed by atoms with Crippen molar-refractivity contribution in [1.82, 2.24) is 4.98 Å². The van der Waals surface area contributed by atoms with Gasteiger partial charge in [0.1, 0.15) is 5.75 Å². The average Bonchev–Trinajstić information content (AvgIpc) is 3.00. The second kappa shape index (κ2) is 3.34. The van der Waals surface area contributed by atoms with Gasteiger partial charge in [-0.2, -0.15) is 0 Å². The van der Waals surface area contributed by atoms with Crippen LogP contribution < -0.4 is 10.5 Å². The maximum atomic E-state index is 5.53. The predicted octanol–water partition coefficient (Wildman–Crippen LogP) is 1.43. The molecule has 0 unspecified atom stereocenters. The molecule has 1 fully saturated rings. The minimum absolute atomic E-state index is 0.504. The van der Waals surface area contributed by atoms with E-state index in [1.807, 2.05) is 12.1 Å². The van der Waals surface area contributed by atoms with Crippen LogP contribution in [0.5, 0.6) is 5.75 Å². The third kappa shape index (κ3) is 1.65. The van der Waals surface area contributed by atoms with Crippen LogP contribution in [0.15, 0.2) is 12.1 Å². The van der Waals surface area contributed by atoms with E-state index < -0.39 is 0 Å². The van der Waals surface area contributed by atoms with E-state index in [9.17, 15) is 0 Å². The van der Waals surface area contributed by atoms with Crippen molar-refractivity contribution < 1.29 is 4.74 Å². The Hall–Kier alpha value is -1.09. The van der Waals surface area contributed by atoms with E-state index >= 15 is 0 Å². The van der Waals surface area contributed by atoms with E-state index in [-0.39, 0.29) is 0 Å². The molecule has 0 aliphatic heterocycles. The molecule has 0 amide bonds. The summed E-state index contributed by atoms with van der Waals surface area (Å²) in [5.41, 5.74) is 7.56. The molecule has 2 N–H and O–H groups in total. The molecule has 0 spiro atoms. The van der Waals surface area contributed by atoms with E-state index in [2.05, 4.69) is 4.98 Å². The van der Waals surface area contributed by atoms with Gasteiger partial charge in [0, 0.05) is 12.5 Å². The summed E-state index contributed by atoms with van der Waals surface area (Å²) >= 11 is 0. The second-order valence-corrected chi connectivity index (χ2v) is 3.37. The number of nitrogens with zero attached hydrogens (tertiary/aromatic N) is 1. The van der Waals surface area contributed by atoms with Gasteiger partial charge in [0.25, 0.3) is 0 Å². The highest BCUT2D eigenvalue weighted by Gasteiger charge is 2.28. The summed E-state index contributed by atoms with van der Waals surface area (Å²) in [7, 11) is 1.69. The second-order valence-electron chi connectivity index (χ2n) is 3.37. The highest BCUT2D eigenvalue weighted by Crippen LogP contribution is 2.42. The Bertz CT molecular complexity index is 308. The Morgan fingerprint density at radius 3 is 2.85 bits per heavy atom. The number of rotatable bonds is 3. The lowest BCUT2D eigenvalue weighted by Gasteiger charge is -2.07. The fourth-order valence-electron chi connectivity index (χ4n) is 1.44. The summed E-state index contributed by atoms with van der Waals surface area (Å²) in [6.45, 7) is 0.504. The smallest absolute Gasteiger partial charge is 0.140 e. The first-order valence-electron chi connectivity index (χ1n) is 4.59. The molecule has 13 heavy (non-hydrogen) atoms. The van der Waals surface area contributed by atoms with Crippen molar-refractivity contribution >= 4 is 0 Å². The van der Waals surface area contributed by atoms with Crippen LogP contribution in [0.3, 0.4) is 0 Å². The molecule has 1 aromatic rings. The molecular weight excluding hydrogens is 164 g/mol. The highest BCUT2D eigenvalue weighted by molar-refractivity contribution is 5.34. The van der Waals surface area contributed by atoms with Crippen LogP contribution in [0.4, 0.5) is 0 Å². The number of aromatic nitrogens is 1. The summed E-state index contributed by atoms with van der Waals surface area (Å²) in [5, 5.41) is 0. The molecule has 1 saturated carbocycles. The van der Waals surface area contributed by atoms with E-state index in [0.29, 0.717) is 12.5 Å². The topological polar surface area (TPSA) is 48.1 Å². The van der Waals surface area contributed by atoms with E-state index in [1.165, 1.54) is 12.8 Å². The van der Waals surface area contributed by atoms with Crippen LogP contribution in [0.2, 0.25) is 0 Å². The fourth-order valence-corrected chi connectivity index (χ4v) is 1.44. The zero-order valence-electron chi connectivity index (χ0n) is 7.79. The van der Waals surface area contributed by atoms with Gasteiger partial charge in [-0.1, -0.05) is 0 Å². The summed E-state index contributed by atoms with van der Waals surface area (Å²) in [4.78, 5) is 4.47. The van der Waals surface area contributed by atoms with Gasteiger partial charge in [-0.05, 0) is 25.0 Å². The molecule has 2 rings (SSSR count). The van der Waals surface area contributed by atoms with Gasteiger partial charge in [0.15, 0.2) is 0 Å². The summed E-state index contributed by atoms with van der Waals surface area (Å²) < 4.78 is 5.24. The lowest BCUT2D eigenvalue weighted by molar-refractivity contribution is 0.406. The van der Waals surface area contributed by atoms with E-state index in [4.69, 9.17) is 10.5 Å². The molecule has 3 nitrogen and oxygen atoms in total. The Morgan fingerprint density at radius 2 is 2.31 bits per heavy atom.